The van der Waals surface area contributed by atoms with Crippen LogP contribution in [0.25, 0.3) is 0 Å². The first-order valence-corrected chi connectivity index (χ1v) is 10.6. The Balaban J connectivity index is 1.80. The molecule has 30 heavy (non-hydrogen) atoms. The molecule has 0 aromatic heterocycles. The molecule has 1 heterocycles. The van der Waals surface area contributed by atoms with Gasteiger partial charge in [0.05, 0.1) is 11.3 Å². The molecule has 7 nitrogen and oxygen atoms in total. The number of thioether (sulfide) groups is 1. The second-order valence-corrected chi connectivity index (χ2v) is 8.39. The predicted molar refractivity (Wildman–Crippen MR) is 119 cm³/mol. The quantitative estimate of drug-likeness (QED) is 0.667. The van der Waals surface area contributed by atoms with Gasteiger partial charge >= 0.3 is 5.97 Å². The zero-order valence-electron chi connectivity index (χ0n) is 15.8. The zero-order chi connectivity index (χ0) is 21.8. The van der Waals surface area contributed by atoms with E-state index in [4.69, 9.17) is 28.3 Å². The Morgan fingerprint density at radius 3 is 2.40 bits per heavy atom. The first-order chi connectivity index (χ1) is 14.3. The van der Waals surface area contributed by atoms with Crippen LogP contribution < -0.4 is 5.32 Å². The lowest BCUT2D eigenvalue weighted by Gasteiger charge is -2.30. The lowest BCUT2D eigenvalue weighted by molar-refractivity contribution is -0.129. The molecule has 0 aliphatic carbocycles. The Morgan fingerprint density at radius 1 is 1.20 bits per heavy atom. The van der Waals surface area contributed by atoms with Gasteiger partial charge in [0.1, 0.15) is 5.25 Å². The van der Waals surface area contributed by atoms with Gasteiger partial charge in [-0.2, -0.15) is 0 Å². The first kappa shape index (κ1) is 22.1. The molecule has 0 saturated carbocycles. The lowest BCUT2D eigenvalue weighted by Crippen LogP contribution is -2.45. The fourth-order valence-electron chi connectivity index (χ4n) is 2.79. The minimum Gasteiger partial charge on any atom is -0.478 e. The molecule has 0 spiro atoms. The molecule has 3 rings (SSSR count). The number of carbonyl (C=O) groups is 3. The summed E-state index contributed by atoms with van der Waals surface area (Å²) in [5, 5.41) is 12.2. The van der Waals surface area contributed by atoms with E-state index in [1.807, 2.05) is 6.92 Å². The molecule has 1 aliphatic rings. The number of nitrogens with zero attached hydrogens (tertiary/aromatic N) is 2. The van der Waals surface area contributed by atoms with E-state index in [9.17, 15) is 14.4 Å². The number of hydrogen-bond donors (Lipinski definition) is 2. The van der Waals surface area contributed by atoms with Gasteiger partial charge in [0.25, 0.3) is 0 Å². The van der Waals surface area contributed by atoms with E-state index in [0.29, 0.717) is 33.1 Å². The number of anilines is 1. The van der Waals surface area contributed by atoms with Crippen molar-refractivity contribution >= 4 is 69.3 Å². The summed E-state index contributed by atoms with van der Waals surface area (Å²) in [7, 11) is 0. The highest BCUT2D eigenvalue weighted by atomic mass is 35.5. The Labute approximate surface area is 187 Å². The number of rotatable bonds is 5. The van der Waals surface area contributed by atoms with Gasteiger partial charge < -0.3 is 10.4 Å². The monoisotopic (exact) mass is 465 g/mol. The van der Waals surface area contributed by atoms with Crippen LogP contribution in [0.3, 0.4) is 0 Å². The highest BCUT2D eigenvalue weighted by Crippen LogP contribution is 2.31. The molecule has 10 heteroatoms. The number of nitrogens with one attached hydrogen (secondary N) is 1. The van der Waals surface area contributed by atoms with E-state index < -0.39 is 11.2 Å². The maximum Gasteiger partial charge on any atom is 0.335 e. The molecule has 156 valence electrons. The van der Waals surface area contributed by atoms with Gasteiger partial charge in [-0.15, -0.1) is 0 Å². The lowest BCUT2D eigenvalue weighted by atomic mass is 10.2. The van der Waals surface area contributed by atoms with Crippen molar-refractivity contribution in [3.05, 3.63) is 58.1 Å². The summed E-state index contributed by atoms with van der Waals surface area (Å²) in [5.41, 5.74) is 1.03. The standard InChI is InChI=1S/C20H17Cl2N3O4S/c1-2-25-17(26)10-16(18(27)23-14-5-3-11(4-6-14)19(28)29)30-20(25)24-15-8-12(21)7-13(22)9-15/h3-9,16H,2,10H2,1H3,(H,23,27)(H,28,29)/t16-/m1/s1. The molecule has 2 aromatic rings. The van der Waals surface area contributed by atoms with Gasteiger partial charge in [-0.3, -0.25) is 14.5 Å². The predicted octanol–water partition coefficient (Wildman–Crippen LogP) is 4.67. The third kappa shape index (κ3) is 5.33. The molecule has 2 aromatic carbocycles. The van der Waals surface area contributed by atoms with E-state index in [0.717, 1.165) is 0 Å². The number of amidine groups is 1. The number of aliphatic imine (C=N–C) groups is 1. The van der Waals surface area contributed by atoms with Crippen LogP contribution in [0, 0.1) is 0 Å². The third-order valence-electron chi connectivity index (χ3n) is 4.22. The van der Waals surface area contributed by atoms with Crippen LogP contribution in [0.5, 0.6) is 0 Å². The highest BCUT2D eigenvalue weighted by Gasteiger charge is 2.35. The summed E-state index contributed by atoms with van der Waals surface area (Å²) in [6, 6.07) is 10.6. The number of carboxylic acid groups (broad SMARTS) is 1. The van der Waals surface area contributed by atoms with Gasteiger partial charge in [0, 0.05) is 28.7 Å². The van der Waals surface area contributed by atoms with Crippen LogP contribution in [0.15, 0.2) is 47.5 Å². The Hall–Kier alpha value is -2.55. The molecule has 1 saturated heterocycles. The third-order valence-corrected chi connectivity index (χ3v) is 5.84. The Kier molecular flexibility index (Phi) is 7.02. The number of amides is 2. The molecule has 1 fully saturated rings. The Bertz CT molecular complexity index is 1010. The maximum absolute atomic E-state index is 12.7. The molecule has 0 unspecified atom stereocenters. The van der Waals surface area contributed by atoms with Gasteiger partial charge in [-0.05, 0) is 49.4 Å². The van der Waals surface area contributed by atoms with E-state index in [-0.39, 0.29) is 23.8 Å². The van der Waals surface area contributed by atoms with Crippen molar-refractivity contribution in [2.24, 2.45) is 4.99 Å². The second-order valence-electron chi connectivity index (χ2n) is 6.34. The summed E-state index contributed by atoms with van der Waals surface area (Å²) in [6.45, 7) is 2.23. The fraction of sp³-hybridized carbons (Fsp3) is 0.200. The number of aromatic carboxylic acids is 1. The molecular formula is C20H17Cl2N3O4S. The largest absolute Gasteiger partial charge is 0.478 e. The van der Waals surface area contributed by atoms with E-state index in [2.05, 4.69) is 10.3 Å². The van der Waals surface area contributed by atoms with Crippen molar-refractivity contribution in [2.75, 3.05) is 11.9 Å². The number of carboxylic acids is 1. The summed E-state index contributed by atoms with van der Waals surface area (Å²) < 4.78 is 0. The molecule has 0 bridgehead atoms. The molecule has 1 atom stereocenters. The topological polar surface area (TPSA) is 99.1 Å². The molecular weight excluding hydrogens is 449 g/mol. The number of halogens is 2. The van der Waals surface area contributed by atoms with Gasteiger partial charge in [0.15, 0.2) is 5.17 Å². The van der Waals surface area contributed by atoms with Crippen molar-refractivity contribution in [1.82, 2.24) is 4.90 Å². The van der Waals surface area contributed by atoms with Crippen LogP contribution in [-0.2, 0) is 9.59 Å². The smallest absolute Gasteiger partial charge is 0.335 e. The average Bonchev–Trinajstić information content (AvgIpc) is 2.67. The van der Waals surface area contributed by atoms with Gasteiger partial charge in [0.2, 0.25) is 11.8 Å². The summed E-state index contributed by atoms with van der Waals surface area (Å²) in [4.78, 5) is 42.2. The number of hydrogen-bond acceptors (Lipinski definition) is 5. The van der Waals surface area contributed by atoms with Crippen molar-refractivity contribution in [3.8, 4) is 0 Å². The van der Waals surface area contributed by atoms with E-state index in [1.54, 1.807) is 18.2 Å². The summed E-state index contributed by atoms with van der Waals surface area (Å²) in [6.07, 6.45) is 0.0207. The van der Waals surface area contributed by atoms with Crippen molar-refractivity contribution in [2.45, 2.75) is 18.6 Å². The SMILES string of the molecule is CCN1C(=O)C[C@H](C(=O)Nc2ccc(C(=O)O)cc2)SC1=Nc1cc(Cl)cc(Cl)c1. The maximum atomic E-state index is 12.7. The van der Waals surface area contributed by atoms with Gasteiger partial charge in [-0.25, -0.2) is 9.79 Å². The van der Waals surface area contributed by atoms with E-state index >= 15 is 0 Å². The van der Waals surface area contributed by atoms with Crippen LogP contribution in [0.4, 0.5) is 11.4 Å². The van der Waals surface area contributed by atoms with Crippen molar-refractivity contribution < 1.29 is 19.5 Å². The van der Waals surface area contributed by atoms with Crippen molar-refractivity contribution in [3.63, 3.8) is 0 Å². The molecule has 2 amide bonds. The molecule has 1 aliphatic heterocycles. The zero-order valence-corrected chi connectivity index (χ0v) is 18.1. The first-order valence-electron chi connectivity index (χ1n) is 8.93. The highest BCUT2D eigenvalue weighted by molar-refractivity contribution is 8.15. The molecule has 0 radical (unpaired) electrons. The number of benzene rings is 2. The summed E-state index contributed by atoms with van der Waals surface area (Å²) >= 11 is 13.2. The minimum atomic E-state index is -1.05. The normalized spacial score (nSPS) is 17.8. The average molecular weight is 466 g/mol. The summed E-state index contributed by atoms with van der Waals surface area (Å²) in [5.74, 6) is -1.64. The van der Waals surface area contributed by atoms with Gasteiger partial charge in [-0.1, -0.05) is 35.0 Å². The van der Waals surface area contributed by atoms with Crippen molar-refractivity contribution in [1.29, 1.82) is 0 Å². The van der Waals surface area contributed by atoms with Crippen LogP contribution in [0.1, 0.15) is 23.7 Å². The van der Waals surface area contributed by atoms with Crippen LogP contribution in [-0.4, -0.2) is 44.8 Å². The van der Waals surface area contributed by atoms with E-state index in [1.165, 1.54) is 40.9 Å². The molecule has 2 N–H and O–H groups in total. The minimum absolute atomic E-state index is 0.0207. The fourth-order valence-corrected chi connectivity index (χ4v) is 4.46. The van der Waals surface area contributed by atoms with Crippen LogP contribution in [0.2, 0.25) is 10.0 Å². The van der Waals surface area contributed by atoms with Crippen LogP contribution >= 0.6 is 35.0 Å². The number of carbonyl (C=O) groups excluding carboxylic acids is 2. The Morgan fingerprint density at radius 2 is 1.83 bits per heavy atom. The second kappa shape index (κ2) is 9.51.